The molecular weight excluding hydrogens is 372 g/mol. The Morgan fingerprint density at radius 1 is 1.00 bits per heavy atom. The molecule has 4 rings (SSSR count). The molecule has 1 fully saturated rings. The number of amides is 2. The monoisotopic (exact) mass is 404 g/mol. The Hall–Kier alpha value is -2.62. The Balaban J connectivity index is 1.70. The van der Waals surface area contributed by atoms with E-state index < -0.39 is 5.54 Å². The molecule has 2 amide bonds. The van der Waals surface area contributed by atoms with Crippen molar-refractivity contribution in [2.24, 2.45) is 0 Å². The van der Waals surface area contributed by atoms with Gasteiger partial charge in [0.05, 0.1) is 6.04 Å². The quantitative estimate of drug-likeness (QED) is 0.726. The second-order valence-electron chi connectivity index (χ2n) is 9.03. The Kier molecular flexibility index (Phi) is 5.94. The van der Waals surface area contributed by atoms with Crippen LogP contribution in [0.2, 0.25) is 0 Å². The second-order valence-corrected chi connectivity index (χ2v) is 9.03. The van der Waals surface area contributed by atoms with Gasteiger partial charge in [-0.2, -0.15) is 0 Å². The SMILES string of the molecule is C[C@H](c1ccccc1)N1C(=O)c2ccccc2C[C@]1(C)C(=O)NC1CCCCCC1. The number of hydrogen-bond acceptors (Lipinski definition) is 2. The largest absolute Gasteiger partial charge is 0.351 e. The van der Waals surface area contributed by atoms with Crippen LogP contribution in [0.5, 0.6) is 0 Å². The van der Waals surface area contributed by atoms with E-state index in [4.69, 9.17) is 0 Å². The Morgan fingerprint density at radius 2 is 1.63 bits per heavy atom. The van der Waals surface area contributed by atoms with Crippen molar-refractivity contribution >= 4 is 11.8 Å². The number of carbonyl (C=O) groups excluding carboxylic acids is 2. The van der Waals surface area contributed by atoms with E-state index >= 15 is 0 Å². The Labute approximate surface area is 179 Å². The summed E-state index contributed by atoms with van der Waals surface area (Å²) in [6.07, 6.45) is 7.40. The summed E-state index contributed by atoms with van der Waals surface area (Å²) in [4.78, 5) is 29.2. The first kappa shape index (κ1) is 20.6. The van der Waals surface area contributed by atoms with Crippen LogP contribution in [0.1, 0.15) is 79.9 Å². The highest BCUT2D eigenvalue weighted by Gasteiger charge is 2.49. The zero-order valence-electron chi connectivity index (χ0n) is 18.1. The standard InChI is InChI=1S/C26H32N2O2/c1-19(20-12-6-5-7-13-20)28-24(29)23-17-11-10-14-21(23)18-26(28,2)25(30)27-22-15-8-3-4-9-16-22/h5-7,10-14,17,19,22H,3-4,8-9,15-16,18H2,1-2H3,(H,27,30)/t19-,26-/m1/s1. The lowest BCUT2D eigenvalue weighted by molar-refractivity contribution is -0.133. The summed E-state index contributed by atoms with van der Waals surface area (Å²) in [6.45, 7) is 3.96. The highest BCUT2D eigenvalue weighted by atomic mass is 16.2. The van der Waals surface area contributed by atoms with E-state index in [0.717, 1.165) is 36.8 Å². The van der Waals surface area contributed by atoms with Crippen LogP contribution < -0.4 is 5.32 Å². The Bertz CT molecular complexity index is 902. The van der Waals surface area contributed by atoms with Gasteiger partial charge in [0.2, 0.25) is 5.91 Å². The van der Waals surface area contributed by atoms with Gasteiger partial charge in [-0.05, 0) is 43.9 Å². The predicted octanol–water partition coefficient (Wildman–Crippen LogP) is 5.04. The van der Waals surface area contributed by atoms with Crippen molar-refractivity contribution in [2.75, 3.05) is 0 Å². The molecule has 0 aromatic heterocycles. The van der Waals surface area contributed by atoms with Gasteiger partial charge in [0.15, 0.2) is 0 Å². The zero-order valence-corrected chi connectivity index (χ0v) is 18.1. The maximum Gasteiger partial charge on any atom is 0.255 e. The molecule has 4 nitrogen and oxygen atoms in total. The van der Waals surface area contributed by atoms with Crippen molar-refractivity contribution in [2.45, 2.75) is 76.4 Å². The van der Waals surface area contributed by atoms with Gasteiger partial charge in [-0.1, -0.05) is 74.2 Å². The molecule has 0 bridgehead atoms. The first-order chi connectivity index (χ1) is 14.5. The highest BCUT2D eigenvalue weighted by molar-refractivity contribution is 6.02. The molecule has 4 heteroatoms. The molecule has 30 heavy (non-hydrogen) atoms. The van der Waals surface area contributed by atoms with Crippen molar-refractivity contribution in [3.05, 3.63) is 71.3 Å². The fraction of sp³-hybridized carbons (Fsp3) is 0.462. The summed E-state index contributed by atoms with van der Waals surface area (Å²) in [6, 6.07) is 17.7. The van der Waals surface area contributed by atoms with Gasteiger partial charge in [0, 0.05) is 18.0 Å². The van der Waals surface area contributed by atoms with E-state index in [2.05, 4.69) is 5.32 Å². The molecule has 158 valence electrons. The third-order valence-electron chi connectivity index (χ3n) is 6.88. The van der Waals surface area contributed by atoms with Crippen LogP contribution in [0.15, 0.2) is 54.6 Å². The molecule has 2 atom stereocenters. The molecule has 1 saturated carbocycles. The topological polar surface area (TPSA) is 49.4 Å². The molecule has 2 aromatic rings. The summed E-state index contributed by atoms with van der Waals surface area (Å²) < 4.78 is 0. The fourth-order valence-corrected chi connectivity index (χ4v) is 5.13. The van der Waals surface area contributed by atoms with Crippen LogP contribution in [0.25, 0.3) is 0 Å². The summed E-state index contributed by atoms with van der Waals surface area (Å²) in [5.74, 6) is -0.0910. The van der Waals surface area contributed by atoms with Crippen molar-refractivity contribution in [1.29, 1.82) is 0 Å². The van der Waals surface area contributed by atoms with Crippen LogP contribution >= 0.6 is 0 Å². The summed E-state index contributed by atoms with van der Waals surface area (Å²) >= 11 is 0. The average Bonchev–Trinajstić information content (AvgIpc) is 3.03. The third kappa shape index (κ3) is 3.88. The average molecular weight is 405 g/mol. The number of benzene rings is 2. The maximum atomic E-state index is 13.7. The van der Waals surface area contributed by atoms with E-state index in [1.165, 1.54) is 12.8 Å². The van der Waals surface area contributed by atoms with E-state index in [0.29, 0.717) is 12.0 Å². The van der Waals surface area contributed by atoms with Crippen molar-refractivity contribution in [3.8, 4) is 0 Å². The van der Waals surface area contributed by atoms with Crippen molar-refractivity contribution in [1.82, 2.24) is 10.2 Å². The van der Waals surface area contributed by atoms with Crippen LogP contribution in [-0.2, 0) is 11.2 Å². The van der Waals surface area contributed by atoms with E-state index in [9.17, 15) is 9.59 Å². The zero-order chi connectivity index (χ0) is 21.1. The van der Waals surface area contributed by atoms with E-state index in [1.54, 1.807) is 0 Å². The molecule has 0 unspecified atom stereocenters. The predicted molar refractivity (Wildman–Crippen MR) is 119 cm³/mol. The van der Waals surface area contributed by atoms with Crippen LogP contribution in [-0.4, -0.2) is 28.3 Å². The van der Waals surface area contributed by atoms with E-state index in [1.807, 2.05) is 73.3 Å². The minimum atomic E-state index is -0.924. The van der Waals surface area contributed by atoms with Gasteiger partial charge in [-0.25, -0.2) is 0 Å². The fourth-order valence-electron chi connectivity index (χ4n) is 5.13. The van der Waals surface area contributed by atoms with Gasteiger partial charge in [0.25, 0.3) is 5.91 Å². The highest BCUT2D eigenvalue weighted by Crippen LogP contribution is 2.38. The molecule has 2 aliphatic rings. The minimum Gasteiger partial charge on any atom is -0.351 e. The molecule has 0 radical (unpaired) electrons. The molecule has 1 N–H and O–H groups in total. The molecule has 1 heterocycles. The Morgan fingerprint density at radius 3 is 2.33 bits per heavy atom. The minimum absolute atomic E-state index is 0.0277. The molecule has 0 saturated heterocycles. The number of nitrogens with one attached hydrogen (secondary N) is 1. The number of nitrogens with zero attached hydrogens (tertiary/aromatic N) is 1. The number of rotatable bonds is 4. The number of hydrogen-bond donors (Lipinski definition) is 1. The van der Waals surface area contributed by atoms with Crippen LogP contribution in [0, 0.1) is 0 Å². The van der Waals surface area contributed by atoms with Crippen molar-refractivity contribution in [3.63, 3.8) is 0 Å². The lowest BCUT2D eigenvalue weighted by Gasteiger charge is -2.47. The van der Waals surface area contributed by atoms with Crippen LogP contribution in [0.4, 0.5) is 0 Å². The smallest absolute Gasteiger partial charge is 0.255 e. The van der Waals surface area contributed by atoms with Crippen molar-refractivity contribution < 1.29 is 9.59 Å². The first-order valence-electron chi connectivity index (χ1n) is 11.3. The van der Waals surface area contributed by atoms with Gasteiger partial charge >= 0.3 is 0 Å². The molecule has 2 aromatic carbocycles. The van der Waals surface area contributed by atoms with Gasteiger partial charge in [0.1, 0.15) is 5.54 Å². The molecular formula is C26H32N2O2. The molecule has 1 aliphatic heterocycles. The molecule has 1 aliphatic carbocycles. The summed E-state index contributed by atoms with van der Waals surface area (Å²) in [5.41, 5.74) is 1.78. The normalized spacial score (nSPS) is 23.4. The first-order valence-corrected chi connectivity index (χ1v) is 11.3. The lowest BCUT2D eigenvalue weighted by Crippen LogP contribution is -2.64. The van der Waals surface area contributed by atoms with E-state index in [-0.39, 0.29) is 23.9 Å². The van der Waals surface area contributed by atoms with Gasteiger partial charge in [-0.15, -0.1) is 0 Å². The maximum absolute atomic E-state index is 13.7. The third-order valence-corrected chi connectivity index (χ3v) is 6.88. The summed E-state index contributed by atoms with van der Waals surface area (Å²) in [5, 5.41) is 3.32. The second kappa shape index (κ2) is 8.63. The van der Waals surface area contributed by atoms with Crippen LogP contribution in [0.3, 0.4) is 0 Å². The van der Waals surface area contributed by atoms with Gasteiger partial charge < -0.3 is 10.2 Å². The lowest BCUT2D eigenvalue weighted by atomic mass is 9.80. The van der Waals surface area contributed by atoms with Gasteiger partial charge in [-0.3, -0.25) is 9.59 Å². The number of carbonyl (C=O) groups is 2. The molecule has 0 spiro atoms. The summed E-state index contributed by atoms with van der Waals surface area (Å²) in [7, 11) is 0. The number of fused-ring (bicyclic) bond motifs is 1.